The summed E-state index contributed by atoms with van der Waals surface area (Å²) >= 11 is 5.41. The number of nitrogens with two attached hydrogens (primary N) is 1. The maximum absolute atomic E-state index is 13.0. The molecule has 0 aliphatic carbocycles. The third-order valence-corrected chi connectivity index (χ3v) is 1.66. The van der Waals surface area contributed by atoms with Gasteiger partial charge in [0.25, 0.3) is 0 Å². The molecule has 80 valence electrons. The number of halogens is 4. The average Bonchev–Trinajstić information content (AvgIpc) is 2.12. The number of rotatable bonds is 3. The zero-order chi connectivity index (χ0) is 9.84. The molecule has 0 aromatic heterocycles. The van der Waals surface area contributed by atoms with Crippen LogP contribution in [0.3, 0.4) is 0 Å². The second-order valence-electron chi connectivity index (χ2n) is 2.31. The van der Waals surface area contributed by atoms with E-state index in [4.69, 9.17) is 22.1 Å². The van der Waals surface area contributed by atoms with Crippen molar-refractivity contribution >= 4 is 24.0 Å². The Morgan fingerprint density at radius 3 is 2.57 bits per heavy atom. The van der Waals surface area contributed by atoms with Gasteiger partial charge in [0.05, 0.1) is 5.02 Å². The predicted molar refractivity (Wildman–Crippen MR) is 53.2 cm³/mol. The van der Waals surface area contributed by atoms with E-state index in [9.17, 15) is 8.78 Å². The van der Waals surface area contributed by atoms with Gasteiger partial charge in [-0.1, -0.05) is 11.6 Å². The van der Waals surface area contributed by atoms with Gasteiger partial charge in [0.1, 0.15) is 6.61 Å². The van der Waals surface area contributed by atoms with E-state index in [1.165, 1.54) is 0 Å². The van der Waals surface area contributed by atoms with E-state index < -0.39 is 17.4 Å². The van der Waals surface area contributed by atoms with E-state index in [0.29, 0.717) is 0 Å². The second kappa shape index (κ2) is 6.01. The lowest BCUT2D eigenvalue weighted by atomic mass is 10.3. The standard InChI is InChI=1S/C8H8ClF2NO.ClH/c9-5-1-2-6(10)8(7(5)11)13-4-3-12;/h1-2H,3-4,12H2;1H. The van der Waals surface area contributed by atoms with Crippen molar-refractivity contribution in [3.63, 3.8) is 0 Å². The van der Waals surface area contributed by atoms with Gasteiger partial charge in [-0.3, -0.25) is 0 Å². The third-order valence-electron chi connectivity index (χ3n) is 1.37. The summed E-state index contributed by atoms with van der Waals surface area (Å²) in [5.74, 6) is -2.15. The lowest BCUT2D eigenvalue weighted by Crippen LogP contribution is -2.12. The molecule has 0 saturated heterocycles. The Hall–Kier alpha value is -0.580. The highest BCUT2D eigenvalue weighted by atomic mass is 35.5. The number of ether oxygens (including phenoxy) is 1. The van der Waals surface area contributed by atoms with Crippen LogP contribution >= 0.6 is 24.0 Å². The van der Waals surface area contributed by atoms with Gasteiger partial charge in [0.2, 0.25) is 0 Å². The molecule has 6 heteroatoms. The van der Waals surface area contributed by atoms with Crippen molar-refractivity contribution < 1.29 is 13.5 Å². The van der Waals surface area contributed by atoms with Crippen LogP contribution in [0, 0.1) is 11.6 Å². The van der Waals surface area contributed by atoms with Crippen molar-refractivity contribution in [1.29, 1.82) is 0 Å². The monoisotopic (exact) mass is 243 g/mol. The molecule has 0 fully saturated rings. The van der Waals surface area contributed by atoms with Crippen molar-refractivity contribution in [1.82, 2.24) is 0 Å². The molecule has 1 aromatic rings. The smallest absolute Gasteiger partial charge is 0.192 e. The van der Waals surface area contributed by atoms with Gasteiger partial charge in [0.15, 0.2) is 17.4 Å². The summed E-state index contributed by atoms with van der Waals surface area (Å²) in [4.78, 5) is 0. The number of hydrogen-bond donors (Lipinski definition) is 1. The van der Waals surface area contributed by atoms with Gasteiger partial charge in [-0.05, 0) is 12.1 Å². The van der Waals surface area contributed by atoms with Crippen molar-refractivity contribution in [2.45, 2.75) is 0 Å². The van der Waals surface area contributed by atoms with Gasteiger partial charge in [0, 0.05) is 6.54 Å². The van der Waals surface area contributed by atoms with Gasteiger partial charge < -0.3 is 10.5 Å². The Bertz CT molecular complexity index is 310. The van der Waals surface area contributed by atoms with Crippen LogP contribution in [0.15, 0.2) is 12.1 Å². The van der Waals surface area contributed by atoms with Crippen LogP contribution in [0.2, 0.25) is 5.02 Å². The molecule has 0 aliphatic heterocycles. The van der Waals surface area contributed by atoms with Gasteiger partial charge in [-0.25, -0.2) is 8.78 Å². The summed E-state index contributed by atoms with van der Waals surface area (Å²) in [5.41, 5.74) is 5.11. The molecular weight excluding hydrogens is 235 g/mol. The molecule has 0 saturated carbocycles. The molecule has 0 aliphatic rings. The first-order valence-electron chi connectivity index (χ1n) is 3.63. The first-order chi connectivity index (χ1) is 6.16. The molecule has 0 bridgehead atoms. The van der Waals surface area contributed by atoms with E-state index in [1.54, 1.807) is 0 Å². The molecule has 1 aromatic carbocycles. The van der Waals surface area contributed by atoms with E-state index in [2.05, 4.69) is 0 Å². The number of hydrogen-bond acceptors (Lipinski definition) is 2. The van der Waals surface area contributed by atoms with E-state index in [1.807, 2.05) is 0 Å². The van der Waals surface area contributed by atoms with Crippen LogP contribution < -0.4 is 10.5 Å². The molecule has 14 heavy (non-hydrogen) atoms. The van der Waals surface area contributed by atoms with Crippen molar-refractivity contribution in [3.05, 3.63) is 28.8 Å². The summed E-state index contributed by atoms with van der Waals surface area (Å²) in [5, 5.41) is -0.173. The molecule has 0 heterocycles. The van der Waals surface area contributed by atoms with Gasteiger partial charge in [-0.2, -0.15) is 0 Å². The first-order valence-corrected chi connectivity index (χ1v) is 4.01. The molecular formula is C8H9Cl2F2NO. The summed E-state index contributed by atoms with van der Waals surface area (Å²) in [6.07, 6.45) is 0. The fraction of sp³-hybridized carbons (Fsp3) is 0.250. The molecule has 0 spiro atoms. The zero-order valence-corrected chi connectivity index (χ0v) is 8.67. The first kappa shape index (κ1) is 13.4. The molecule has 0 amide bonds. The largest absolute Gasteiger partial charge is 0.486 e. The topological polar surface area (TPSA) is 35.2 Å². The Morgan fingerprint density at radius 2 is 2.00 bits per heavy atom. The average molecular weight is 244 g/mol. The Morgan fingerprint density at radius 1 is 1.36 bits per heavy atom. The minimum atomic E-state index is -0.893. The van der Waals surface area contributed by atoms with Gasteiger partial charge in [-0.15, -0.1) is 12.4 Å². The van der Waals surface area contributed by atoms with E-state index in [0.717, 1.165) is 12.1 Å². The van der Waals surface area contributed by atoms with Crippen LogP contribution in [0.4, 0.5) is 8.78 Å². The van der Waals surface area contributed by atoms with Crippen LogP contribution in [0.1, 0.15) is 0 Å². The minimum Gasteiger partial charge on any atom is -0.486 e. The molecule has 1 rings (SSSR count). The zero-order valence-electron chi connectivity index (χ0n) is 7.10. The molecule has 2 nitrogen and oxygen atoms in total. The van der Waals surface area contributed by atoms with Crippen molar-refractivity contribution in [2.75, 3.05) is 13.2 Å². The quantitative estimate of drug-likeness (QED) is 0.828. The van der Waals surface area contributed by atoms with Crippen LogP contribution in [-0.4, -0.2) is 13.2 Å². The molecule has 2 N–H and O–H groups in total. The maximum atomic E-state index is 13.0. The number of benzene rings is 1. The second-order valence-corrected chi connectivity index (χ2v) is 2.72. The van der Waals surface area contributed by atoms with Crippen molar-refractivity contribution in [3.8, 4) is 5.75 Å². The maximum Gasteiger partial charge on any atom is 0.192 e. The van der Waals surface area contributed by atoms with Gasteiger partial charge >= 0.3 is 0 Å². The summed E-state index contributed by atoms with van der Waals surface area (Å²) < 4.78 is 30.7. The fourth-order valence-corrected chi connectivity index (χ4v) is 0.951. The SMILES string of the molecule is Cl.NCCOc1c(F)ccc(Cl)c1F. The highest BCUT2D eigenvalue weighted by Crippen LogP contribution is 2.27. The predicted octanol–water partition coefficient (Wildman–Crippen LogP) is 2.38. The minimum absolute atomic E-state index is 0. The van der Waals surface area contributed by atoms with Crippen LogP contribution in [0.25, 0.3) is 0 Å². The van der Waals surface area contributed by atoms with Crippen LogP contribution in [-0.2, 0) is 0 Å². The van der Waals surface area contributed by atoms with Crippen LogP contribution in [0.5, 0.6) is 5.75 Å². The summed E-state index contributed by atoms with van der Waals surface area (Å²) in [6.45, 7) is 0.236. The lowest BCUT2D eigenvalue weighted by molar-refractivity contribution is 0.294. The Balaban J connectivity index is 0.00000169. The molecule has 0 unspecified atom stereocenters. The lowest BCUT2D eigenvalue weighted by Gasteiger charge is -2.07. The highest BCUT2D eigenvalue weighted by molar-refractivity contribution is 6.30. The Kier molecular flexibility index (Phi) is 5.76. The summed E-state index contributed by atoms with van der Waals surface area (Å²) in [6, 6.07) is 2.17. The molecule has 0 radical (unpaired) electrons. The Labute approximate surface area is 91.4 Å². The fourth-order valence-electron chi connectivity index (χ4n) is 0.802. The van der Waals surface area contributed by atoms with E-state index >= 15 is 0 Å². The van der Waals surface area contributed by atoms with Crippen molar-refractivity contribution in [2.24, 2.45) is 5.73 Å². The molecule has 0 atom stereocenters. The highest BCUT2D eigenvalue weighted by Gasteiger charge is 2.13. The summed E-state index contributed by atoms with van der Waals surface area (Å²) in [7, 11) is 0. The third kappa shape index (κ3) is 2.97. The van der Waals surface area contributed by atoms with E-state index in [-0.39, 0.29) is 30.6 Å². The normalized spacial score (nSPS) is 9.43.